The Hall–Kier alpha value is -2.14. The lowest BCUT2D eigenvalue weighted by molar-refractivity contribution is -0.112. The molecule has 0 heterocycles. The van der Waals surface area contributed by atoms with Crippen LogP contribution >= 0.6 is 0 Å². The quantitative estimate of drug-likeness (QED) is 0.329. The fraction of sp³-hybridized carbons (Fsp3) is 0.583. The van der Waals surface area contributed by atoms with Gasteiger partial charge in [-0.05, 0) is 70.9 Å². The van der Waals surface area contributed by atoms with Gasteiger partial charge in [-0.2, -0.15) is 0 Å². The SMILES string of the molecule is CCOC(=O)O/C(=C(/C(C)=O)c1cc(C)ccc1C)[C@]1(CC)CC[C@@H](OC)CC1. The molecule has 0 bridgehead atoms. The number of benzene rings is 1. The van der Waals surface area contributed by atoms with Crippen LogP contribution in [0.5, 0.6) is 0 Å². The summed E-state index contributed by atoms with van der Waals surface area (Å²) in [7, 11) is 1.73. The van der Waals surface area contributed by atoms with Gasteiger partial charge in [0.2, 0.25) is 0 Å². The minimum absolute atomic E-state index is 0.111. The molecule has 5 heteroatoms. The van der Waals surface area contributed by atoms with E-state index in [9.17, 15) is 9.59 Å². The molecular formula is C24H34O5. The number of carbonyl (C=O) groups excluding carboxylic acids is 2. The van der Waals surface area contributed by atoms with Crippen molar-refractivity contribution in [2.45, 2.75) is 72.8 Å². The average molecular weight is 403 g/mol. The Labute approximate surface area is 174 Å². The van der Waals surface area contributed by atoms with Crippen molar-refractivity contribution in [2.24, 2.45) is 5.41 Å². The van der Waals surface area contributed by atoms with Gasteiger partial charge in [-0.25, -0.2) is 4.79 Å². The highest BCUT2D eigenvalue weighted by atomic mass is 16.7. The third-order valence-electron chi connectivity index (χ3n) is 6.07. The number of methoxy groups -OCH3 is 1. The number of Topliss-reactive ketones (excluding diaryl/α,β-unsaturated/α-hetero) is 1. The standard InChI is InChI=1S/C24H34O5/c1-7-24(13-11-19(27-6)12-14-24)22(29-23(26)28-8-2)21(18(5)25)20-15-16(3)9-10-17(20)4/h9-10,15,19H,7-8,11-14H2,1-6H3/b22-21-/t19-,24-. The molecule has 0 saturated heterocycles. The van der Waals surface area contributed by atoms with Crippen molar-refractivity contribution >= 4 is 17.5 Å². The predicted molar refractivity (Wildman–Crippen MR) is 114 cm³/mol. The van der Waals surface area contributed by atoms with E-state index in [2.05, 4.69) is 6.92 Å². The molecule has 0 atom stereocenters. The van der Waals surface area contributed by atoms with Gasteiger partial charge in [0.15, 0.2) is 5.78 Å². The molecule has 0 amide bonds. The molecular weight excluding hydrogens is 368 g/mol. The van der Waals surface area contributed by atoms with Crippen LogP contribution < -0.4 is 0 Å². The monoisotopic (exact) mass is 402 g/mol. The summed E-state index contributed by atoms with van der Waals surface area (Å²) in [6.45, 7) is 9.54. The number of carbonyl (C=O) groups is 2. The second kappa shape index (κ2) is 10.1. The van der Waals surface area contributed by atoms with Crippen LogP contribution in [0.1, 0.15) is 69.6 Å². The van der Waals surface area contributed by atoms with Gasteiger partial charge in [0.1, 0.15) is 5.76 Å². The Balaban J connectivity index is 2.69. The largest absolute Gasteiger partial charge is 0.513 e. The Kier molecular flexibility index (Phi) is 8.03. The van der Waals surface area contributed by atoms with Gasteiger partial charge in [0.05, 0.1) is 18.3 Å². The van der Waals surface area contributed by atoms with Gasteiger partial charge >= 0.3 is 6.16 Å². The summed E-state index contributed by atoms with van der Waals surface area (Å²) in [5, 5.41) is 0. The molecule has 1 aromatic carbocycles. The first-order valence-electron chi connectivity index (χ1n) is 10.5. The van der Waals surface area contributed by atoms with Crippen LogP contribution in [0.3, 0.4) is 0 Å². The summed E-state index contributed by atoms with van der Waals surface area (Å²) in [5.41, 5.74) is 2.92. The number of ether oxygens (including phenoxy) is 3. The molecule has 29 heavy (non-hydrogen) atoms. The Morgan fingerprint density at radius 3 is 2.31 bits per heavy atom. The fourth-order valence-electron chi connectivity index (χ4n) is 4.25. The van der Waals surface area contributed by atoms with E-state index in [0.717, 1.165) is 48.8 Å². The molecule has 0 radical (unpaired) electrons. The summed E-state index contributed by atoms with van der Waals surface area (Å²) in [4.78, 5) is 25.3. The van der Waals surface area contributed by atoms with Crippen molar-refractivity contribution in [3.63, 3.8) is 0 Å². The zero-order valence-electron chi connectivity index (χ0n) is 18.6. The first-order valence-corrected chi connectivity index (χ1v) is 10.5. The Morgan fingerprint density at radius 2 is 1.79 bits per heavy atom. The fourth-order valence-corrected chi connectivity index (χ4v) is 4.25. The van der Waals surface area contributed by atoms with E-state index in [4.69, 9.17) is 14.2 Å². The summed E-state index contributed by atoms with van der Waals surface area (Å²) in [5.74, 6) is 0.342. The number of hydrogen-bond donors (Lipinski definition) is 0. The van der Waals surface area contributed by atoms with Crippen LogP contribution in [-0.2, 0) is 19.0 Å². The number of aryl methyl sites for hydroxylation is 2. The molecule has 2 rings (SSSR count). The summed E-state index contributed by atoms with van der Waals surface area (Å²) in [6, 6.07) is 6.00. The lowest BCUT2D eigenvalue weighted by Gasteiger charge is -2.41. The number of ketones is 1. The number of rotatable bonds is 7. The smallest absolute Gasteiger partial charge is 0.434 e. The second-order valence-electron chi connectivity index (χ2n) is 7.93. The highest BCUT2D eigenvalue weighted by molar-refractivity contribution is 6.21. The zero-order chi connectivity index (χ0) is 21.6. The number of hydrogen-bond acceptors (Lipinski definition) is 5. The second-order valence-corrected chi connectivity index (χ2v) is 7.93. The maximum Gasteiger partial charge on any atom is 0.513 e. The van der Waals surface area contributed by atoms with Gasteiger partial charge in [0.25, 0.3) is 0 Å². The molecule has 0 N–H and O–H groups in total. The molecule has 1 aliphatic rings. The molecule has 1 aromatic rings. The molecule has 0 spiro atoms. The first kappa shape index (κ1) is 23.1. The van der Waals surface area contributed by atoms with E-state index in [0.29, 0.717) is 11.3 Å². The van der Waals surface area contributed by atoms with E-state index < -0.39 is 11.6 Å². The third-order valence-corrected chi connectivity index (χ3v) is 6.07. The maximum absolute atomic E-state index is 12.9. The normalized spacial score (nSPS) is 22.6. The lowest BCUT2D eigenvalue weighted by Crippen LogP contribution is -2.35. The predicted octanol–water partition coefficient (Wildman–Crippen LogP) is 5.76. The van der Waals surface area contributed by atoms with Crippen molar-refractivity contribution in [2.75, 3.05) is 13.7 Å². The van der Waals surface area contributed by atoms with Crippen LogP contribution in [0.2, 0.25) is 0 Å². The van der Waals surface area contributed by atoms with Crippen molar-refractivity contribution in [3.8, 4) is 0 Å². The molecule has 160 valence electrons. The van der Waals surface area contributed by atoms with Crippen LogP contribution in [0, 0.1) is 19.3 Å². The highest BCUT2D eigenvalue weighted by Crippen LogP contribution is 2.49. The maximum atomic E-state index is 12.9. The van der Waals surface area contributed by atoms with Crippen LogP contribution in [-0.4, -0.2) is 31.8 Å². The van der Waals surface area contributed by atoms with Gasteiger partial charge < -0.3 is 14.2 Å². The van der Waals surface area contributed by atoms with Crippen molar-refractivity contribution in [1.29, 1.82) is 0 Å². The van der Waals surface area contributed by atoms with Crippen molar-refractivity contribution < 1.29 is 23.8 Å². The van der Waals surface area contributed by atoms with Crippen molar-refractivity contribution in [3.05, 3.63) is 40.6 Å². The van der Waals surface area contributed by atoms with Crippen molar-refractivity contribution in [1.82, 2.24) is 0 Å². The summed E-state index contributed by atoms with van der Waals surface area (Å²) >= 11 is 0. The minimum Gasteiger partial charge on any atom is -0.434 e. The van der Waals surface area contributed by atoms with Crippen LogP contribution in [0.25, 0.3) is 5.57 Å². The number of allylic oxidation sites excluding steroid dienone is 2. The summed E-state index contributed by atoms with van der Waals surface area (Å²) in [6.07, 6.45) is 3.50. The van der Waals surface area contributed by atoms with E-state index in [1.807, 2.05) is 32.0 Å². The minimum atomic E-state index is -0.756. The van der Waals surface area contributed by atoms with Gasteiger partial charge in [-0.1, -0.05) is 30.7 Å². The van der Waals surface area contributed by atoms with Gasteiger partial charge in [-0.15, -0.1) is 0 Å². The molecule has 0 aromatic heterocycles. The van der Waals surface area contributed by atoms with E-state index >= 15 is 0 Å². The molecule has 0 unspecified atom stereocenters. The first-order chi connectivity index (χ1) is 13.8. The topological polar surface area (TPSA) is 61.8 Å². The van der Waals surface area contributed by atoms with Crippen LogP contribution in [0.15, 0.2) is 24.0 Å². The average Bonchev–Trinajstić information content (AvgIpc) is 2.70. The molecule has 5 nitrogen and oxygen atoms in total. The van der Waals surface area contributed by atoms with E-state index in [1.54, 1.807) is 14.0 Å². The third kappa shape index (κ3) is 5.27. The Bertz CT molecular complexity index is 769. The zero-order valence-corrected chi connectivity index (χ0v) is 18.6. The Morgan fingerprint density at radius 1 is 1.14 bits per heavy atom. The highest BCUT2D eigenvalue weighted by Gasteiger charge is 2.42. The van der Waals surface area contributed by atoms with Crippen LogP contribution in [0.4, 0.5) is 4.79 Å². The lowest BCUT2D eigenvalue weighted by atomic mass is 9.68. The van der Waals surface area contributed by atoms with Gasteiger partial charge in [-0.3, -0.25) is 4.79 Å². The van der Waals surface area contributed by atoms with E-state index in [-0.39, 0.29) is 18.5 Å². The molecule has 1 saturated carbocycles. The molecule has 1 aliphatic carbocycles. The molecule has 0 aliphatic heterocycles. The summed E-state index contributed by atoms with van der Waals surface area (Å²) < 4.78 is 16.4. The van der Waals surface area contributed by atoms with E-state index in [1.165, 1.54) is 6.92 Å². The molecule has 1 fully saturated rings. The van der Waals surface area contributed by atoms with Gasteiger partial charge in [0, 0.05) is 12.5 Å².